The van der Waals surface area contributed by atoms with Crippen LogP contribution < -0.4 is 4.74 Å². The average molecular weight is 307 g/mol. The topological polar surface area (TPSA) is 52.6 Å². The Hall–Kier alpha value is -0.780. The first-order valence-corrected chi connectivity index (χ1v) is 8.44. The number of hydrogen-bond donors (Lipinski definition) is 0. The molecule has 0 fully saturated rings. The van der Waals surface area contributed by atoms with Crippen molar-refractivity contribution in [1.82, 2.24) is 0 Å². The summed E-state index contributed by atoms with van der Waals surface area (Å²) in [7, 11) is 1.65. The van der Waals surface area contributed by atoms with E-state index in [4.69, 9.17) is 20.2 Å². The second-order valence-electron chi connectivity index (χ2n) is 4.21. The predicted molar refractivity (Wildman–Crippen MR) is 75.6 cm³/mol. The van der Waals surface area contributed by atoms with Crippen LogP contribution in [0, 0.1) is 13.8 Å². The lowest BCUT2D eigenvalue weighted by Gasteiger charge is -2.13. The quantitative estimate of drug-likeness (QED) is 0.574. The number of hydrogen-bond acceptors (Lipinski definition) is 4. The second kappa shape index (κ2) is 7.12. The Balaban J connectivity index is 2.75. The SMILES string of the molecule is CCCOCCOc1ccc(S(=O)(=O)Cl)c(C)c1C. The minimum atomic E-state index is -3.71. The highest BCUT2D eigenvalue weighted by atomic mass is 35.7. The third-order valence-electron chi connectivity index (χ3n) is 2.78. The van der Waals surface area contributed by atoms with E-state index >= 15 is 0 Å². The van der Waals surface area contributed by atoms with E-state index in [0.717, 1.165) is 12.0 Å². The molecule has 0 aliphatic carbocycles. The van der Waals surface area contributed by atoms with Crippen molar-refractivity contribution in [2.45, 2.75) is 32.1 Å². The van der Waals surface area contributed by atoms with E-state index in [1.807, 2.05) is 13.8 Å². The Morgan fingerprint density at radius 2 is 1.79 bits per heavy atom. The summed E-state index contributed by atoms with van der Waals surface area (Å²) >= 11 is 0. The van der Waals surface area contributed by atoms with Crippen LogP contribution in [0.15, 0.2) is 17.0 Å². The Bertz CT molecular complexity index is 526. The summed E-state index contributed by atoms with van der Waals surface area (Å²) in [6.07, 6.45) is 0.973. The minimum Gasteiger partial charge on any atom is -0.491 e. The molecular formula is C13H19ClO4S. The van der Waals surface area contributed by atoms with Crippen LogP contribution in [0.25, 0.3) is 0 Å². The van der Waals surface area contributed by atoms with Crippen molar-refractivity contribution in [2.24, 2.45) is 0 Å². The van der Waals surface area contributed by atoms with Crippen molar-refractivity contribution in [1.29, 1.82) is 0 Å². The molecule has 0 radical (unpaired) electrons. The zero-order valence-electron chi connectivity index (χ0n) is 11.4. The van der Waals surface area contributed by atoms with Gasteiger partial charge in [0.25, 0.3) is 9.05 Å². The maximum atomic E-state index is 11.4. The van der Waals surface area contributed by atoms with Crippen LogP contribution in [0.5, 0.6) is 5.75 Å². The maximum Gasteiger partial charge on any atom is 0.261 e. The fourth-order valence-corrected chi connectivity index (χ4v) is 2.90. The van der Waals surface area contributed by atoms with Crippen molar-refractivity contribution in [3.05, 3.63) is 23.3 Å². The summed E-state index contributed by atoms with van der Waals surface area (Å²) < 4.78 is 33.6. The molecule has 0 unspecified atom stereocenters. The van der Waals surface area contributed by atoms with Crippen LogP contribution in [0.2, 0.25) is 0 Å². The monoisotopic (exact) mass is 306 g/mol. The van der Waals surface area contributed by atoms with Crippen LogP contribution >= 0.6 is 10.7 Å². The maximum absolute atomic E-state index is 11.4. The normalized spacial score (nSPS) is 11.6. The summed E-state index contributed by atoms with van der Waals surface area (Å²) in [4.78, 5) is 0.126. The van der Waals surface area contributed by atoms with Gasteiger partial charge in [-0.2, -0.15) is 0 Å². The first kappa shape index (κ1) is 16.3. The van der Waals surface area contributed by atoms with Crippen molar-refractivity contribution in [3.63, 3.8) is 0 Å². The number of rotatable bonds is 7. The molecule has 0 aliphatic heterocycles. The van der Waals surface area contributed by atoms with E-state index in [9.17, 15) is 8.42 Å². The zero-order chi connectivity index (χ0) is 14.5. The molecule has 0 amide bonds. The largest absolute Gasteiger partial charge is 0.491 e. The smallest absolute Gasteiger partial charge is 0.261 e. The van der Waals surface area contributed by atoms with Gasteiger partial charge in [0.2, 0.25) is 0 Å². The second-order valence-corrected chi connectivity index (χ2v) is 6.74. The van der Waals surface area contributed by atoms with Crippen LogP contribution in [0.1, 0.15) is 24.5 Å². The minimum absolute atomic E-state index is 0.126. The van der Waals surface area contributed by atoms with Gasteiger partial charge in [-0.05, 0) is 43.5 Å². The predicted octanol–water partition coefficient (Wildman–Crippen LogP) is 3.04. The Kier molecular flexibility index (Phi) is 6.10. The highest BCUT2D eigenvalue weighted by molar-refractivity contribution is 8.13. The van der Waals surface area contributed by atoms with Crippen LogP contribution in [-0.2, 0) is 13.8 Å². The van der Waals surface area contributed by atoms with Crippen molar-refractivity contribution >= 4 is 19.7 Å². The molecule has 19 heavy (non-hydrogen) atoms. The lowest BCUT2D eigenvalue weighted by atomic mass is 10.1. The van der Waals surface area contributed by atoms with Gasteiger partial charge < -0.3 is 9.47 Å². The number of halogens is 1. The first-order valence-electron chi connectivity index (χ1n) is 6.13. The molecule has 0 spiro atoms. The lowest BCUT2D eigenvalue weighted by molar-refractivity contribution is 0.100. The molecule has 1 rings (SSSR count). The molecule has 6 heteroatoms. The fraction of sp³-hybridized carbons (Fsp3) is 0.538. The van der Waals surface area contributed by atoms with E-state index < -0.39 is 9.05 Å². The molecule has 0 bridgehead atoms. The fourth-order valence-electron chi connectivity index (χ4n) is 1.65. The number of ether oxygens (including phenoxy) is 2. The summed E-state index contributed by atoms with van der Waals surface area (Å²) in [5.41, 5.74) is 1.39. The molecule has 0 aliphatic rings. The molecule has 1 aromatic rings. The summed E-state index contributed by atoms with van der Waals surface area (Å²) in [6.45, 7) is 7.23. The molecule has 0 saturated heterocycles. The van der Waals surface area contributed by atoms with Crippen LogP contribution in [0.3, 0.4) is 0 Å². The van der Waals surface area contributed by atoms with E-state index in [2.05, 4.69) is 0 Å². The van der Waals surface area contributed by atoms with Gasteiger partial charge >= 0.3 is 0 Å². The van der Waals surface area contributed by atoms with Gasteiger partial charge in [-0.25, -0.2) is 8.42 Å². The molecule has 1 aromatic carbocycles. The van der Waals surface area contributed by atoms with E-state index in [1.165, 1.54) is 6.07 Å². The van der Waals surface area contributed by atoms with Gasteiger partial charge in [-0.1, -0.05) is 6.92 Å². The molecule has 4 nitrogen and oxygen atoms in total. The van der Waals surface area contributed by atoms with Gasteiger partial charge in [-0.15, -0.1) is 0 Å². The molecule has 0 atom stereocenters. The highest BCUT2D eigenvalue weighted by Gasteiger charge is 2.16. The number of benzene rings is 1. The van der Waals surface area contributed by atoms with E-state index in [1.54, 1.807) is 13.0 Å². The Morgan fingerprint density at radius 3 is 2.37 bits per heavy atom. The van der Waals surface area contributed by atoms with Gasteiger partial charge in [0.15, 0.2) is 0 Å². The highest BCUT2D eigenvalue weighted by Crippen LogP contribution is 2.28. The van der Waals surface area contributed by atoms with Gasteiger partial charge in [-0.3, -0.25) is 0 Å². The molecule has 0 N–H and O–H groups in total. The summed E-state index contributed by atoms with van der Waals surface area (Å²) in [6, 6.07) is 3.09. The van der Waals surface area contributed by atoms with Gasteiger partial charge in [0, 0.05) is 17.3 Å². The van der Waals surface area contributed by atoms with Gasteiger partial charge in [0.1, 0.15) is 12.4 Å². The summed E-state index contributed by atoms with van der Waals surface area (Å²) in [5, 5.41) is 0. The Morgan fingerprint density at radius 1 is 1.11 bits per heavy atom. The van der Waals surface area contributed by atoms with Crippen molar-refractivity contribution in [3.8, 4) is 5.75 Å². The van der Waals surface area contributed by atoms with Crippen LogP contribution in [0.4, 0.5) is 0 Å². The zero-order valence-corrected chi connectivity index (χ0v) is 13.0. The third kappa shape index (κ3) is 4.67. The molecule has 0 saturated carbocycles. The standard InChI is InChI=1S/C13H19ClO4S/c1-4-7-17-8-9-18-12-5-6-13(19(14,15)16)11(3)10(12)2/h5-6H,4,7-9H2,1-3H3. The average Bonchev–Trinajstić information content (AvgIpc) is 2.32. The van der Waals surface area contributed by atoms with Crippen LogP contribution in [-0.4, -0.2) is 28.2 Å². The first-order chi connectivity index (χ1) is 8.88. The molecular weight excluding hydrogens is 288 g/mol. The van der Waals surface area contributed by atoms with Gasteiger partial charge in [0.05, 0.1) is 11.5 Å². The molecule has 108 valence electrons. The van der Waals surface area contributed by atoms with E-state index in [0.29, 0.717) is 31.1 Å². The molecule has 0 aromatic heterocycles. The van der Waals surface area contributed by atoms with Crippen molar-refractivity contribution in [2.75, 3.05) is 19.8 Å². The summed E-state index contributed by atoms with van der Waals surface area (Å²) in [5.74, 6) is 0.654. The van der Waals surface area contributed by atoms with E-state index in [-0.39, 0.29) is 4.90 Å². The van der Waals surface area contributed by atoms with Crippen molar-refractivity contribution < 1.29 is 17.9 Å². The molecule has 0 heterocycles. The Labute approximate surface area is 119 Å². The third-order valence-corrected chi connectivity index (χ3v) is 4.25. The lowest BCUT2D eigenvalue weighted by Crippen LogP contribution is -2.08.